The van der Waals surface area contributed by atoms with E-state index in [1.54, 1.807) is 30.5 Å². The van der Waals surface area contributed by atoms with Crippen LogP contribution in [0.2, 0.25) is 0 Å². The number of anilines is 1. The van der Waals surface area contributed by atoms with E-state index in [1.807, 2.05) is 36.4 Å². The lowest BCUT2D eigenvalue weighted by molar-refractivity contribution is -0.113. The van der Waals surface area contributed by atoms with Gasteiger partial charge in [0, 0.05) is 23.5 Å². The number of pyridine rings is 1. The summed E-state index contributed by atoms with van der Waals surface area (Å²) in [4.78, 5) is 21.1. The van der Waals surface area contributed by atoms with Crippen molar-refractivity contribution in [1.29, 1.82) is 0 Å². The predicted molar refractivity (Wildman–Crippen MR) is 118 cm³/mol. The summed E-state index contributed by atoms with van der Waals surface area (Å²) >= 11 is 1.27. The summed E-state index contributed by atoms with van der Waals surface area (Å²) < 4.78 is 22.7. The number of sulfone groups is 1. The molecule has 3 aromatic rings. The highest BCUT2D eigenvalue weighted by Gasteiger charge is 2.22. The standard InChI is InChI=1S/C21H17N3O3S2/c1-29(26,27)13-14-4-7-17(8-5-14)23-21-24-20(25)19(28-21)12-15-6-9-18-16(11-15)3-2-10-22-18/h2-12H,13H2,1H3,(H,23,24,25). The maximum absolute atomic E-state index is 12.3. The first-order chi connectivity index (χ1) is 13.9. The molecular formula is C21H17N3O3S2. The molecule has 1 N–H and O–H groups in total. The highest BCUT2D eigenvalue weighted by atomic mass is 32.2. The van der Waals surface area contributed by atoms with Crippen LogP contribution < -0.4 is 5.32 Å². The van der Waals surface area contributed by atoms with Gasteiger partial charge in [-0.3, -0.25) is 9.78 Å². The van der Waals surface area contributed by atoms with Gasteiger partial charge in [-0.1, -0.05) is 24.3 Å². The minimum atomic E-state index is -3.07. The van der Waals surface area contributed by atoms with Crippen LogP contribution in [0.4, 0.5) is 5.69 Å². The molecular weight excluding hydrogens is 406 g/mol. The highest BCUT2D eigenvalue weighted by Crippen LogP contribution is 2.30. The van der Waals surface area contributed by atoms with Crippen molar-refractivity contribution >= 4 is 55.3 Å². The lowest BCUT2D eigenvalue weighted by Gasteiger charge is -2.06. The Balaban J connectivity index is 1.46. The molecule has 0 atom stereocenters. The predicted octanol–water partition coefficient (Wildman–Crippen LogP) is 3.86. The van der Waals surface area contributed by atoms with Gasteiger partial charge in [-0.15, -0.1) is 0 Å². The first-order valence-corrected chi connectivity index (χ1v) is 11.6. The van der Waals surface area contributed by atoms with Gasteiger partial charge in [0.1, 0.15) is 0 Å². The first-order valence-electron chi connectivity index (χ1n) is 8.77. The number of hydrogen-bond acceptors (Lipinski definition) is 6. The average molecular weight is 424 g/mol. The largest absolute Gasteiger partial charge is 0.334 e. The zero-order valence-corrected chi connectivity index (χ0v) is 17.1. The van der Waals surface area contributed by atoms with E-state index >= 15 is 0 Å². The smallest absolute Gasteiger partial charge is 0.286 e. The van der Waals surface area contributed by atoms with Gasteiger partial charge in [0.2, 0.25) is 0 Å². The van der Waals surface area contributed by atoms with Gasteiger partial charge >= 0.3 is 0 Å². The number of carbonyl (C=O) groups is 1. The summed E-state index contributed by atoms with van der Waals surface area (Å²) in [5.74, 6) is -0.298. The number of amidine groups is 1. The molecule has 1 aliphatic heterocycles. The molecule has 0 bridgehead atoms. The van der Waals surface area contributed by atoms with Crippen molar-refractivity contribution in [2.24, 2.45) is 4.99 Å². The molecule has 0 unspecified atom stereocenters. The van der Waals surface area contributed by atoms with Crippen molar-refractivity contribution in [3.63, 3.8) is 0 Å². The number of rotatable bonds is 4. The molecule has 2 aromatic carbocycles. The SMILES string of the molecule is CS(=O)(=O)Cc1ccc(NC2=NC(=O)C(=Cc3ccc4ncccc4c3)S2)cc1. The molecule has 2 heterocycles. The van der Waals surface area contributed by atoms with Crippen LogP contribution in [0.3, 0.4) is 0 Å². The van der Waals surface area contributed by atoms with Crippen LogP contribution in [0.1, 0.15) is 11.1 Å². The van der Waals surface area contributed by atoms with E-state index in [0.717, 1.165) is 22.2 Å². The number of hydrogen-bond donors (Lipinski definition) is 1. The van der Waals surface area contributed by atoms with Crippen LogP contribution in [-0.4, -0.2) is 30.7 Å². The topological polar surface area (TPSA) is 88.5 Å². The fourth-order valence-corrected chi connectivity index (χ4v) is 4.54. The monoisotopic (exact) mass is 423 g/mol. The average Bonchev–Trinajstić information content (AvgIpc) is 3.01. The molecule has 0 spiro atoms. The molecule has 1 amide bonds. The quantitative estimate of drug-likeness (QED) is 0.641. The third-order valence-corrected chi connectivity index (χ3v) is 5.94. The molecule has 0 saturated carbocycles. The van der Waals surface area contributed by atoms with E-state index in [4.69, 9.17) is 0 Å². The Morgan fingerprint density at radius 2 is 1.90 bits per heavy atom. The second-order valence-corrected chi connectivity index (χ2v) is 9.85. The third kappa shape index (κ3) is 4.90. The van der Waals surface area contributed by atoms with Crippen molar-refractivity contribution in [2.75, 3.05) is 11.6 Å². The Bertz CT molecular complexity index is 1260. The molecule has 1 aromatic heterocycles. The number of aliphatic imine (C=N–C) groups is 1. The van der Waals surface area contributed by atoms with Gasteiger partial charge in [-0.2, -0.15) is 4.99 Å². The number of amides is 1. The molecule has 0 saturated heterocycles. The van der Waals surface area contributed by atoms with E-state index in [-0.39, 0.29) is 11.7 Å². The highest BCUT2D eigenvalue weighted by molar-refractivity contribution is 8.18. The Hall–Kier alpha value is -2.97. The minimum Gasteiger partial charge on any atom is -0.334 e. The van der Waals surface area contributed by atoms with Gasteiger partial charge < -0.3 is 5.32 Å². The van der Waals surface area contributed by atoms with Crippen molar-refractivity contribution in [2.45, 2.75) is 5.75 Å². The Labute approximate surface area is 172 Å². The van der Waals surface area contributed by atoms with E-state index in [1.165, 1.54) is 18.0 Å². The molecule has 0 aliphatic carbocycles. The van der Waals surface area contributed by atoms with Gasteiger partial charge in [0.15, 0.2) is 15.0 Å². The maximum atomic E-state index is 12.3. The molecule has 146 valence electrons. The fraction of sp³-hybridized carbons (Fsp3) is 0.0952. The number of thioether (sulfide) groups is 1. The summed E-state index contributed by atoms with van der Waals surface area (Å²) in [7, 11) is -3.07. The number of carbonyl (C=O) groups excluding carboxylic acids is 1. The summed E-state index contributed by atoms with van der Waals surface area (Å²) in [6.45, 7) is 0. The van der Waals surface area contributed by atoms with E-state index < -0.39 is 9.84 Å². The summed E-state index contributed by atoms with van der Waals surface area (Å²) in [6, 6.07) is 16.7. The lowest BCUT2D eigenvalue weighted by Crippen LogP contribution is -2.05. The second kappa shape index (κ2) is 7.81. The normalized spacial score (nSPS) is 15.7. The van der Waals surface area contributed by atoms with Crippen LogP contribution >= 0.6 is 11.8 Å². The Morgan fingerprint density at radius 1 is 1.10 bits per heavy atom. The van der Waals surface area contributed by atoms with E-state index in [9.17, 15) is 13.2 Å². The van der Waals surface area contributed by atoms with Gasteiger partial charge in [0.25, 0.3) is 5.91 Å². The number of fused-ring (bicyclic) bond motifs is 1. The lowest BCUT2D eigenvalue weighted by atomic mass is 10.1. The van der Waals surface area contributed by atoms with Crippen molar-refractivity contribution in [1.82, 2.24) is 4.98 Å². The van der Waals surface area contributed by atoms with Crippen LogP contribution in [0.5, 0.6) is 0 Å². The molecule has 0 fully saturated rings. The van der Waals surface area contributed by atoms with Crippen LogP contribution in [0.15, 0.2) is 70.7 Å². The number of benzene rings is 2. The summed E-state index contributed by atoms with van der Waals surface area (Å²) in [5, 5.41) is 4.59. The Morgan fingerprint density at radius 3 is 2.66 bits per heavy atom. The van der Waals surface area contributed by atoms with E-state index in [2.05, 4.69) is 15.3 Å². The third-order valence-electron chi connectivity index (χ3n) is 4.18. The van der Waals surface area contributed by atoms with Gasteiger partial charge in [-0.25, -0.2) is 8.42 Å². The molecule has 6 nitrogen and oxygen atoms in total. The van der Waals surface area contributed by atoms with Gasteiger partial charge in [-0.05, 0) is 59.3 Å². The molecule has 29 heavy (non-hydrogen) atoms. The maximum Gasteiger partial charge on any atom is 0.286 e. The van der Waals surface area contributed by atoms with Gasteiger partial charge in [0.05, 0.1) is 16.2 Å². The molecule has 8 heteroatoms. The van der Waals surface area contributed by atoms with Crippen molar-refractivity contribution in [3.8, 4) is 0 Å². The number of nitrogens with one attached hydrogen (secondary N) is 1. The second-order valence-electron chi connectivity index (χ2n) is 6.68. The minimum absolute atomic E-state index is 0.00434. The molecule has 1 aliphatic rings. The summed E-state index contributed by atoms with van der Waals surface area (Å²) in [5.41, 5.74) is 3.25. The van der Waals surface area contributed by atoms with Crippen LogP contribution in [-0.2, 0) is 20.4 Å². The van der Waals surface area contributed by atoms with E-state index in [0.29, 0.717) is 15.6 Å². The number of nitrogens with zero attached hydrogens (tertiary/aromatic N) is 2. The first kappa shape index (κ1) is 19.4. The van der Waals surface area contributed by atoms with Crippen LogP contribution in [0.25, 0.3) is 17.0 Å². The molecule has 4 rings (SSSR count). The van der Waals surface area contributed by atoms with Crippen molar-refractivity contribution in [3.05, 3.63) is 76.8 Å². The number of aromatic nitrogens is 1. The Kier molecular flexibility index (Phi) is 5.21. The summed E-state index contributed by atoms with van der Waals surface area (Å²) in [6.07, 6.45) is 4.76. The fourth-order valence-electron chi connectivity index (χ4n) is 2.91. The van der Waals surface area contributed by atoms with Crippen molar-refractivity contribution < 1.29 is 13.2 Å². The van der Waals surface area contributed by atoms with Crippen LogP contribution in [0, 0.1) is 0 Å². The molecule has 0 radical (unpaired) electrons. The zero-order chi connectivity index (χ0) is 20.4. The zero-order valence-electron chi connectivity index (χ0n) is 15.5.